The molecule has 2 aromatic carbocycles. The van der Waals surface area contributed by atoms with Gasteiger partial charge in [-0.15, -0.1) is 0 Å². The van der Waals surface area contributed by atoms with Gasteiger partial charge in [-0.05, 0) is 18.2 Å². The highest BCUT2D eigenvalue weighted by Gasteiger charge is 2.35. The molecule has 6 nitrogen and oxygen atoms in total. The van der Waals surface area contributed by atoms with Gasteiger partial charge in [-0.25, -0.2) is 0 Å². The van der Waals surface area contributed by atoms with E-state index in [1.807, 2.05) is 30.3 Å². The Balaban J connectivity index is 2.02. The number of methoxy groups -OCH3 is 2. The second kappa shape index (κ2) is 6.46. The van der Waals surface area contributed by atoms with Crippen LogP contribution in [0.1, 0.15) is 23.5 Å². The fourth-order valence-corrected chi connectivity index (χ4v) is 3.70. The third kappa shape index (κ3) is 2.65. The molecule has 0 fully saturated rings. The van der Waals surface area contributed by atoms with E-state index in [9.17, 15) is 9.59 Å². The van der Waals surface area contributed by atoms with E-state index in [1.54, 1.807) is 38.0 Å². The Labute approximate surface area is 155 Å². The highest BCUT2D eigenvalue weighted by atomic mass is 16.5. The van der Waals surface area contributed by atoms with Crippen molar-refractivity contribution >= 4 is 16.9 Å². The van der Waals surface area contributed by atoms with Crippen molar-refractivity contribution in [2.75, 3.05) is 14.2 Å². The van der Waals surface area contributed by atoms with E-state index >= 15 is 0 Å². The van der Waals surface area contributed by atoms with Gasteiger partial charge in [-0.3, -0.25) is 9.59 Å². The lowest BCUT2D eigenvalue weighted by Gasteiger charge is -2.27. The van der Waals surface area contributed by atoms with Crippen LogP contribution in [-0.2, 0) is 11.8 Å². The molecule has 0 N–H and O–H groups in total. The first-order chi connectivity index (χ1) is 13.0. The first-order valence-electron chi connectivity index (χ1n) is 8.59. The Morgan fingerprint density at radius 3 is 2.59 bits per heavy atom. The van der Waals surface area contributed by atoms with Crippen LogP contribution >= 0.6 is 0 Å². The summed E-state index contributed by atoms with van der Waals surface area (Å²) in [6, 6.07) is 12.8. The number of carbonyl (C=O) groups is 1. The van der Waals surface area contributed by atoms with Crippen LogP contribution in [0.5, 0.6) is 17.2 Å². The van der Waals surface area contributed by atoms with Crippen molar-refractivity contribution in [3.8, 4) is 17.2 Å². The number of fused-ring (bicyclic) bond motifs is 3. The van der Waals surface area contributed by atoms with Gasteiger partial charge in [-0.2, -0.15) is 0 Å². The average molecular weight is 365 g/mol. The van der Waals surface area contributed by atoms with Crippen molar-refractivity contribution in [1.29, 1.82) is 0 Å². The van der Waals surface area contributed by atoms with Crippen LogP contribution in [0.4, 0.5) is 0 Å². The molecular formula is C21H19NO5. The van der Waals surface area contributed by atoms with E-state index in [4.69, 9.17) is 14.2 Å². The summed E-state index contributed by atoms with van der Waals surface area (Å²) in [5.74, 6) is 0.720. The first kappa shape index (κ1) is 17.1. The normalized spacial score (nSPS) is 16.0. The van der Waals surface area contributed by atoms with Gasteiger partial charge in [0.15, 0.2) is 0 Å². The van der Waals surface area contributed by atoms with E-state index in [1.165, 1.54) is 0 Å². The van der Waals surface area contributed by atoms with Gasteiger partial charge in [-0.1, -0.05) is 18.2 Å². The molecule has 6 heteroatoms. The molecule has 0 aliphatic carbocycles. The number of pyridine rings is 1. The number of nitrogens with zero attached hydrogens (tertiary/aromatic N) is 1. The Morgan fingerprint density at radius 1 is 1.07 bits per heavy atom. The monoisotopic (exact) mass is 365 g/mol. The summed E-state index contributed by atoms with van der Waals surface area (Å²) < 4.78 is 17.9. The third-order valence-electron chi connectivity index (χ3n) is 5.04. The summed E-state index contributed by atoms with van der Waals surface area (Å²) in [6.45, 7) is 0. The van der Waals surface area contributed by atoms with E-state index in [0.717, 1.165) is 16.5 Å². The molecule has 0 amide bonds. The quantitative estimate of drug-likeness (QED) is 0.668. The minimum absolute atomic E-state index is 0.0727. The van der Waals surface area contributed by atoms with E-state index in [2.05, 4.69) is 0 Å². The molecule has 138 valence electrons. The van der Waals surface area contributed by atoms with Gasteiger partial charge in [0.05, 0.1) is 31.7 Å². The lowest BCUT2D eigenvalue weighted by molar-refractivity contribution is -0.135. The van der Waals surface area contributed by atoms with Crippen LogP contribution in [0.3, 0.4) is 0 Å². The number of esters is 1. The van der Waals surface area contributed by atoms with Crippen molar-refractivity contribution in [2.24, 2.45) is 7.05 Å². The molecule has 4 rings (SSSR count). The molecule has 1 aliphatic rings. The Bertz CT molecular complexity index is 1120. The number of aryl methyl sites for hydroxylation is 1. The number of ether oxygens (including phenoxy) is 3. The minimum atomic E-state index is -0.453. The molecular weight excluding hydrogens is 346 g/mol. The summed E-state index contributed by atoms with van der Waals surface area (Å²) in [5.41, 5.74) is 1.76. The molecule has 0 bridgehead atoms. The van der Waals surface area contributed by atoms with Gasteiger partial charge in [0, 0.05) is 30.0 Å². The van der Waals surface area contributed by atoms with Crippen LogP contribution in [0.15, 0.2) is 47.3 Å². The van der Waals surface area contributed by atoms with Gasteiger partial charge < -0.3 is 18.8 Å². The van der Waals surface area contributed by atoms with Crippen molar-refractivity contribution < 1.29 is 19.0 Å². The van der Waals surface area contributed by atoms with Crippen LogP contribution in [0, 0.1) is 0 Å². The highest BCUT2D eigenvalue weighted by Crippen LogP contribution is 2.43. The van der Waals surface area contributed by atoms with Gasteiger partial charge in [0.25, 0.3) is 5.56 Å². The number of hydrogen-bond donors (Lipinski definition) is 0. The maximum Gasteiger partial charge on any atom is 0.312 e. The number of rotatable bonds is 3. The third-order valence-corrected chi connectivity index (χ3v) is 5.04. The van der Waals surface area contributed by atoms with E-state index in [0.29, 0.717) is 22.8 Å². The van der Waals surface area contributed by atoms with Crippen molar-refractivity contribution in [3.63, 3.8) is 0 Å². The Hall–Kier alpha value is -3.28. The van der Waals surface area contributed by atoms with Crippen LogP contribution in [0.2, 0.25) is 0 Å². The summed E-state index contributed by atoms with van der Waals surface area (Å²) >= 11 is 0. The number of carbonyl (C=O) groups excluding carboxylic acids is 1. The van der Waals surface area contributed by atoms with Gasteiger partial charge in [0.2, 0.25) is 0 Å². The maximum atomic E-state index is 13.1. The molecule has 0 unspecified atom stereocenters. The van der Waals surface area contributed by atoms with E-state index < -0.39 is 5.92 Å². The van der Waals surface area contributed by atoms with Gasteiger partial charge in [0.1, 0.15) is 17.2 Å². The summed E-state index contributed by atoms with van der Waals surface area (Å²) in [7, 11) is 4.85. The molecule has 3 aromatic rings. The summed E-state index contributed by atoms with van der Waals surface area (Å²) in [4.78, 5) is 25.5. The van der Waals surface area contributed by atoms with E-state index in [-0.39, 0.29) is 17.9 Å². The number of benzene rings is 2. The molecule has 27 heavy (non-hydrogen) atoms. The van der Waals surface area contributed by atoms with Crippen molar-refractivity contribution in [3.05, 3.63) is 63.9 Å². The molecule has 0 spiro atoms. The van der Waals surface area contributed by atoms with Crippen molar-refractivity contribution in [2.45, 2.75) is 12.3 Å². The van der Waals surface area contributed by atoms with Crippen LogP contribution in [-0.4, -0.2) is 24.8 Å². The minimum Gasteiger partial charge on any atom is -0.497 e. The van der Waals surface area contributed by atoms with Crippen LogP contribution < -0.4 is 19.8 Å². The molecule has 0 radical (unpaired) electrons. The largest absolute Gasteiger partial charge is 0.497 e. The molecule has 0 saturated carbocycles. The Morgan fingerprint density at radius 2 is 1.85 bits per heavy atom. The molecule has 1 aliphatic heterocycles. The Kier molecular flexibility index (Phi) is 4.11. The molecule has 2 heterocycles. The summed E-state index contributed by atoms with van der Waals surface area (Å²) in [5, 5.41) is 0.736. The second-order valence-electron chi connectivity index (χ2n) is 6.46. The molecule has 1 aromatic heterocycles. The lowest BCUT2D eigenvalue weighted by Crippen LogP contribution is -2.31. The van der Waals surface area contributed by atoms with Crippen LogP contribution in [0.25, 0.3) is 10.9 Å². The lowest BCUT2D eigenvalue weighted by atomic mass is 9.85. The zero-order valence-corrected chi connectivity index (χ0v) is 15.3. The average Bonchev–Trinajstić information content (AvgIpc) is 2.70. The topological polar surface area (TPSA) is 66.8 Å². The molecule has 0 saturated heterocycles. The SMILES string of the molecule is COc1ccc([C@@H]2CC(=O)Oc3c2c(=O)n(C)c2ccccc32)c(OC)c1. The fraction of sp³-hybridized carbons (Fsp3) is 0.238. The van der Waals surface area contributed by atoms with Crippen molar-refractivity contribution in [1.82, 2.24) is 4.57 Å². The smallest absolute Gasteiger partial charge is 0.312 e. The highest BCUT2D eigenvalue weighted by molar-refractivity contribution is 5.91. The first-order valence-corrected chi connectivity index (χ1v) is 8.59. The van der Waals surface area contributed by atoms with Gasteiger partial charge >= 0.3 is 5.97 Å². The number of hydrogen-bond acceptors (Lipinski definition) is 5. The maximum absolute atomic E-state index is 13.1. The number of aromatic nitrogens is 1. The fourth-order valence-electron chi connectivity index (χ4n) is 3.70. The zero-order chi connectivity index (χ0) is 19.1. The predicted molar refractivity (Wildman–Crippen MR) is 101 cm³/mol. The summed E-state index contributed by atoms with van der Waals surface area (Å²) in [6.07, 6.45) is 0.0727. The standard InChI is InChI=1S/C21H19NO5/c1-22-16-7-5-4-6-14(16)20-19(21(22)24)15(11-18(23)27-20)13-9-8-12(25-2)10-17(13)26-3/h4-10,15H,11H2,1-3H3/t15-/m0/s1. The predicted octanol–water partition coefficient (Wildman–Crippen LogP) is 3.00. The molecule has 1 atom stereocenters. The zero-order valence-electron chi connectivity index (χ0n) is 15.3. The number of para-hydroxylation sites is 1. The second-order valence-corrected chi connectivity index (χ2v) is 6.46.